The van der Waals surface area contributed by atoms with E-state index in [1.807, 2.05) is 0 Å². The van der Waals surface area contributed by atoms with E-state index in [2.05, 4.69) is 9.71 Å². The third-order valence-electron chi connectivity index (χ3n) is 1.65. The summed E-state index contributed by atoms with van der Waals surface area (Å²) in [5.41, 5.74) is 1.14. The van der Waals surface area contributed by atoms with Crippen LogP contribution in [0.25, 0.3) is 0 Å². The first-order chi connectivity index (χ1) is 6.79. The predicted octanol–water partition coefficient (Wildman–Crippen LogP) is 0.964. The zero-order chi connectivity index (χ0) is 11.6. The second-order valence-corrected chi connectivity index (χ2v) is 5.09. The molecule has 0 aromatic carbocycles. The normalized spacial score (nSPS) is 11.1. The number of sulfonamides is 1. The molecule has 0 bridgehead atoms. The molecule has 1 aromatic heterocycles. The van der Waals surface area contributed by atoms with Crippen molar-refractivity contribution in [2.24, 2.45) is 0 Å². The number of hydrogen-bond donors (Lipinski definition) is 1. The molecule has 0 atom stereocenters. The number of carbonyl (C=O) groups excluding carboxylic acids is 1. The number of rotatable bonds is 3. The first-order valence-corrected chi connectivity index (χ1v) is 6.14. The molecule has 0 aliphatic rings. The van der Waals surface area contributed by atoms with E-state index in [-0.39, 0.29) is 17.2 Å². The summed E-state index contributed by atoms with van der Waals surface area (Å²) in [6, 6.07) is 1.57. The number of aryl methyl sites for hydroxylation is 1. The number of aromatic nitrogens is 1. The topological polar surface area (TPSA) is 76.1 Å². The van der Waals surface area contributed by atoms with Gasteiger partial charge in [-0.2, -0.15) is 0 Å². The summed E-state index contributed by atoms with van der Waals surface area (Å²) in [6.45, 7) is 3.11. The summed E-state index contributed by atoms with van der Waals surface area (Å²) in [5.74, 6) is -0.277. The van der Waals surface area contributed by atoms with Crippen molar-refractivity contribution in [1.82, 2.24) is 4.98 Å². The van der Waals surface area contributed by atoms with Crippen LogP contribution in [0.4, 0.5) is 5.69 Å². The number of nitrogens with one attached hydrogen (secondary N) is 1. The van der Waals surface area contributed by atoms with Gasteiger partial charge in [0, 0.05) is 13.1 Å². The maximum Gasteiger partial charge on any atom is 0.229 e. The van der Waals surface area contributed by atoms with E-state index in [4.69, 9.17) is 0 Å². The number of ketones is 1. The fraction of sp³-hybridized carbons (Fsp3) is 0.333. The summed E-state index contributed by atoms with van der Waals surface area (Å²) in [4.78, 5) is 15.1. The Labute approximate surface area is 88.6 Å². The Bertz CT molecular complexity index is 494. The van der Waals surface area contributed by atoms with Crippen LogP contribution >= 0.6 is 0 Å². The molecule has 0 aliphatic heterocycles. The third kappa shape index (κ3) is 3.32. The maximum absolute atomic E-state index is 11.2. The molecule has 0 aliphatic carbocycles. The molecular weight excluding hydrogens is 216 g/mol. The molecule has 0 amide bonds. The lowest BCUT2D eigenvalue weighted by Gasteiger charge is -2.08. The van der Waals surface area contributed by atoms with Crippen molar-refractivity contribution in [1.29, 1.82) is 0 Å². The van der Waals surface area contributed by atoms with Gasteiger partial charge in [-0.15, -0.1) is 0 Å². The molecule has 6 heteroatoms. The molecule has 0 fully saturated rings. The Morgan fingerprint density at radius 2 is 2.07 bits per heavy atom. The van der Waals surface area contributed by atoms with E-state index in [1.165, 1.54) is 13.1 Å². The highest BCUT2D eigenvalue weighted by molar-refractivity contribution is 7.92. The lowest BCUT2D eigenvalue weighted by molar-refractivity contribution is 0.101. The minimum Gasteiger partial charge on any atom is -0.293 e. The second kappa shape index (κ2) is 3.98. The van der Waals surface area contributed by atoms with Crippen LogP contribution in [-0.2, 0) is 10.0 Å². The molecule has 1 aromatic rings. The fourth-order valence-corrected chi connectivity index (χ4v) is 1.68. The van der Waals surface area contributed by atoms with Crippen LogP contribution in [0.15, 0.2) is 12.3 Å². The summed E-state index contributed by atoms with van der Waals surface area (Å²) in [6.07, 6.45) is 2.55. The molecule has 1 heterocycles. The minimum atomic E-state index is -3.39. The molecule has 15 heavy (non-hydrogen) atoms. The molecule has 0 spiro atoms. The van der Waals surface area contributed by atoms with Gasteiger partial charge in [-0.1, -0.05) is 0 Å². The summed E-state index contributed by atoms with van der Waals surface area (Å²) < 4.78 is 24.3. The second-order valence-electron chi connectivity index (χ2n) is 3.34. The van der Waals surface area contributed by atoms with Crippen molar-refractivity contribution >= 4 is 21.5 Å². The molecule has 1 N–H and O–H groups in total. The Morgan fingerprint density at radius 3 is 2.53 bits per heavy atom. The SMILES string of the molecule is CC(=O)c1ncc(C)cc1NS(C)(=O)=O. The largest absolute Gasteiger partial charge is 0.293 e. The van der Waals surface area contributed by atoms with E-state index in [0.717, 1.165) is 11.8 Å². The summed E-state index contributed by atoms with van der Waals surface area (Å²) >= 11 is 0. The molecule has 5 nitrogen and oxygen atoms in total. The molecule has 0 radical (unpaired) electrons. The standard InChI is InChI=1S/C9H12N2O3S/c1-6-4-8(11-15(3,13)14)9(7(2)12)10-5-6/h4-5,11H,1-3H3. The van der Waals surface area contributed by atoms with Gasteiger partial charge in [-0.05, 0) is 18.6 Å². The van der Waals surface area contributed by atoms with Crippen LogP contribution in [0, 0.1) is 6.92 Å². The van der Waals surface area contributed by atoms with Crippen molar-refractivity contribution in [3.05, 3.63) is 23.5 Å². The number of anilines is 1. The molecule has 1 rings (SSSR count). The molecule has 0 unspecified atom stereocenters. The summed E-state index contributed by atoms with van der Waals surface area (Å²) in [7, 11) is -3.39. The van der Waals surface area contributed by atoms with Crippen LogP contribution in [0.3, 0.4) is 0 Å². The van der Waals surface area contributed by atoms with E-state index in [1.54, 1.807) is 13.0 Å². The van der Waals surface area contributed by atoms with Crippen molar-refractivity contribution in [3.63, 3.8) is 0 Å². The molecule has 82 valence electrons. The molecule has 0 saturated carbocycles. The highest BCUT2D eigenvalue weighted by Gasteiger charge is 2.12. The van der Waals surface area contributed by atoms with Gasteiger partial charge in [0.05, 0.1) is 11.9 Å². The first-order valence-electron chi connectivity index (χ1n) is 4.25. The fourth-order valence-electron chi connectivity index (χ4n) is 1.13. The van der Waals surface area contributed by atoms with E-state index in [9.17, 15) is 13.2 Å². The van der Waals surface area contributed by atoms with Gasteiger partial charge in [0.25, 0.3) is 0 Å². The third-order valence-corrected chi connectivity index (χ3v) is 2.24. The van der Waals surface area contributed by atoms with Crippen molar-refractivity contribution in [3.8, 4) is 0 Å². The number of nitrogens with zero attached hydrogens (tertiary/aromatic N) is 1. The zero-order valence-corrected chi connectivity index (χ0v) is 9.55. The van der Waals surface area contributed by atoms with Crippen LogP contribution in [0.1, 0.15) is 23.0 Å². The van der Waals surface area contributed by atoms with Gasteiger partial charge in [-0.25, -0.2) is 8.42 Å². The van der Waals surface area contributed by atoms with E-state index in [0.29, 0.717) is 0 Å². The number of Topliss-reactive ketones (excluding diaryl/α,β-unsaturated/α-hetero) is 1. The van der Waals surface area contributed by atoms with Crippen molar-refractivity contribution < 1.29 is 13.2 Å². The van der Waals surface area contributed by atoms with Crippen molar-refractivity contribution in [2.75, 3.05) is 11.0 Å². The van der Waals surface area contributed by atoms with Crippen LogP contribution in [-0.4, -0.2) is 25.4 Å². The van der Waals surface area contributed by atoms with Gasteiger partial charge in [-0.3, -0.25) is 14.5 Å². The molecule has 0 saturated heterocycles. The lowest BCUT2D eigenvalue weighted by atomic mass is 10.2. The smallest absolute Gasteiger partial charge is 0.229 e. The summed E-state index contributed by atoms with van der Waals surface area (Å²) in [5, 5.41) is 0. The first kappa shape index (κ1) is 11.6. The minimum absolute atomic E-state index is 0.131. The van der Waals surface area contributed by atoms with E-state index < -0.39 is 10.0 Å². The lowest BCUT2D eigenvalue weighted by Crippen LogP contribution is -2.13. The van der Waals surface area contributed by atoms with Crippen LogP contribution < -0.4 is 4.72 Å². The average Bonchev–Trinajstić information content (AvgIpc) is 1.99. The van der Waals surface area contributed by atoms with Gasteiger partial charge < -0.3 is 0 Å². The monoisotopic (exact) mass is 228 g/mol. The van der Waals surface area contributed by atoms with Crippen molar-refractivity contribution in [2.45, 2.75) is 13.8 Å². The number of hydrogen-bond acceptors (Lipinski definition) is 4. The van der Waals surface area contributed by atoms with Gasteiger partial charge in [0.1, 0.15) is 5.69 Å². The molecular formula is C9H12N2O3S. The number of carbonyl (C=O) groups is 1. The van der Waals surface area contributed by atoms with E-state index >= 15 is 0 Å². The average molecular weight is 228 g/mol. The highest BCUT2D eigenvalue weighted by Crippen LogP contribution is 2.16. The highest BCUT2D eigenvalue weighted by atomic mass is 32.2. The Hall–Kier alpha value is -1.43. The zero-order valence-electron chi connectivity index (χ0n) is 8.73. The number of pyridine rings is 1. The van der Waals surface area contributed by atoms with Gasteiger partial charge in [0.2, 0.25) is 10.0 Å². The Kier molecular flexibility index (Phi) is 3.09. The van der Waals surface area contributed by atoms with Gasteiger partial charge in [0.15, 0.2) is 5.78 Å². The van der Waals surface area contributed by atoms with Crippen LogP contribution in [0.5, 0.6) is 0 Å². The maximum atomic E-state index is 11.2. The predicted molar refractivity (Wildman–Crippen MR) is 57.4 cm³/mol. The Balaban J connectivity index is 3.25. The quantitative estimate of drug-likeness (QED) is 0.782. The Morgan fingerprint density at radius 1 is 1.47 bits per heavy atom. The van der Waals surface area contributed by atoms with Crippen LogP contribution in [0.2, 0.25) is 0 Å². The van der Waals surface area contributed by atoms with Gasteiger partial charge >= 0.3 is 0 Å².